The largest absolute Gasteiger partial charge is 0.493 e. The molecule has 0 unspecified atom stereocenters. The van der Waals surface area contributed by atoms with Gasteiger partial charge in [-0.05, 0) is 31.2 Å². The monoisotopic (exact) mass is 267 g/mol. The van der Waals surface area contributed by atoms with Crippen molar-refractivity contribution >= 4 is 16.7 Å². The van der Waals surface area contributed by atoms with Crippen LogP contribution in [-0.4, -0.2) is 7.11 Å². The van der Waals surface area contributed by atoms with Gasteiger partial charge in [-0.2, -0.15) is 0 Å². The van der Waals surface area contributed by atoms with Gasteiger partial charge in [0.2, 0.25) is 0 Å². The summed E-state index contributed by atoms with van der Waals surface area (Å²) < 4.78 is 11.2. The summed E-state index contributed by atoms with van der Waals surface area (Å²) in [6.07, 6.45) is 0. The number of ether oxygens (including phenoxy) is 1. The number of rotatable bonds is 4. The van der Waals surface area contributed by atoms with Crippen molar-refractivity contribution in [3.8, 4) is 5.75 Å². The number of furan rings is 1. The molecule has 0 spiro atoms. The molecule has 0 amide bonds. The van der Waals surface area contributed by atoms with Crippen LogP contribution in [-0.2, 0) is 6.54 Å². The third kappa shape index (κ3) is 2.48. The Morgan fingerprint density at radius 3 is 2.65 bits per heavy atom. The standard InChI is InChI=1S/C17H17NO2/c1-12-6-8-14(9-7-12)18-11-15-10-13-4-3-5-16(19-2)17(13)20-15/h3-10,18H,11H2,1-2H3. The van der Waals surface area contributed by atoms with E-state index in [9.17, 15) is 0 Å². The lowest BCUT2D eigenvalue weighted by Gasteiger charge is -2.04. The Balaban J connectivity index is 1.79. The second-order valence-corrected chi connectivity index (χ2v) is 4.81. The Labute approximate surface area is 118 Å². The summed E-state index contributed by atoms with van der Waals surface area (Å²) in [6.45, 7) is 2.73. The van der Waals surface area contributed by atoms with E-state index in [1.807, 2.05) is 24.3 Å². The van der Waals surface area contributed by atoms with Gasteiger partial charge in [0, 0.05) is 11.1 Å². The van der Waals surface area contributed by atoms with E-state index < -0.39 is 0 Å². The predicted octanol–water partition coefficient (Wildman–Crippen LogP) is 4.36. The zero-order valence-corrected chi connectivity index (χ0v) is 11.6. The number of benzene rings is 2. The highest BCUT2D eigenvalue weighted by Crippen LogP contribution is 2.28. The minimum absolute atomic E-state index is 0.654. The van der Waals surface area contributed by atoms with Crippen LogP contribution in [0.1, 0.15) is 11.3 Å². The van der Waals surface area contributed by atoms with Gasteiger partial charge in [-0.15, -0.1) is 0 Å². The molecule has 3 aromatic rings. The second-order valence-electron chi connectivity index (χ2n) is 4.81. The number of hydrogen-bond donors (Lipinski definition) is 1. The maximum absolute atomic E-state index is 5.85. The lowest BCUT2D eigenvalue weighted by atomic mass is 10.2. The molecule has 102 valence electrons. The molecule has 1 aromatic heterocycles. The van der Waals surface area contributed by atoms with Gasteiger partial charge in [-0.25, -0.2) is 0 Å². The predicted molar refractivity (Wildman–Crippen MR) is 81.3 cm³/mol. The Bertz CT molecular complexity index is 713. The minimum atomic E-state index is 0.654. The highest BCUT2D eigenvalue weighted by Gasteiger charge is 2.08. The van der Waals surface area contributed by atoms with Crippen LogP contribution >= 0.6 is 0 Å². The molecule has 0 atom stereocenters. The fraction of sp³-hybridized carbons (Fsp3) is 0.176. The molecule has 0 radical (unpaired) electrons. The van der Waals surface area contributed by atoms with Crippen molar-refractivity contribution in [2.45, 2.75) is 13.5 Å². The first-order valence-corrected chi connectivity index (χ1v) is 6.62. The molecule has 20 heavy (non-hydrogen) atoms. The fourth-order valence-electron chi connectivity index (χ4n) is 2.20. The van der Waals surface area contributed by atoms with Crippen LogP contribution in [0, 0.1) is 6.92 Å². The quantitative estimate of drug-likeness (QED) is 0.762. The SMILES string of the molecule is COc1cccc2cc(CNc3ccc(C)cc3)oc12. The van der Waals surface area contributed by atoms with Crippen molar-refractivity contribution in [1.29, 1.82) is 0 Å². The first-order chi connectivity index (χ1) is 9.76. The topological polar surface area (TPSA) is 34.4 Å². The molecule has 0 fully saturated rings. The van der Waals surface area contributed by atoms with Crippen molar-refractivity contribution in [1.82, 2.24) is 0 Å². The molecular weight excluding hydrogens is 250 g/mol. The smallest absolute Gasteiger partial charge is 0.176 e. The van der Waals surface area contributed by atoms with Crippen molar-refractivity contribution in [3.05, 3.63) is 59.9 Å². The van der Waals surface area contributed by atoms with Crippen LogP contribution in [0.25, 0.3) is 11.0 Å². The Hall–Kier alpha value is -2.42. The zero-order valence-electron chi connectivity index (χ0n) is 11.6. The van der Waals surface area contributed by atoms with Crippen LogP contribution in [0.3, 0.4) is 0 Å². The van der Waals surface area contributed by atoms with E-state index in [2.05, 4.69) is 36.5 Å². The zero-order chi connectivity index (χ0) is 13.9. The molecule has 0 saturated carbocycles. The van der Waals surface area contributed by atoms with Gasteiger partial charge in [-0.1, -0.05) is 29.8 Å². The highest BCUT2D eigenvalue weighted by atomic mass is 16.5. The lowest BCUT2D eigenvalue weighted by Crippen LogP contribution is -1.97. The van der Waals surface area contributed by atoms with E-state index in [0.29, 0.717) is 6.54 Å². The third-order valence-electron chi connectivity index (χ3n) is 3.30. The molecule has 1 heterocycles. The van der Waals surface area contributed by atoms with Gasteiger partial charge in [0.05, 0.1) is 13.7 Å². The van der Waals surface area contributed by atoms with Crippen molar-refractivity contribution in [2.24, 2.45) is 0 Å². The first-order valence-electron chi connectivity index (χ1n) is 6.62. The van der Waals surface area contributed by atoms with Gasteiger partial charge < -0.3 is 14.5 Å². The Kier molecular flexibility index (Phi) is 3.33. The fourth-order valence-corrected chi connectivity index (χ4v) is 2.20. The van der Waals surface area contributed by atoms with E-state index in [-0.39, 0.29) is 0 Å². The second kappa shape index (κ2) is 5.29. The Morgan fingerprint density at radius 1 is 1.10 bits per heavy atom. The van der Waals surface area contributed by atoms with E-state index in [4.69, 9.17) is 9.15 Å². The number of methoxy groups -OCH3 is 1. The minimum Gasteiger partial charge on any atom is -0.493 e. The summed E-state index contributed by atoms with van der Waals surface area (Å²) in [5.41, 5.74) is 3.14. The normalized spacial score (nSPS) is 10.7. The number of anilines is 1. The van der Waals surface area contributed by atoms with E-state index in [0.717, 1.165) is 28.2 Å². The number of nitrogens with one attached hydrogen (secondary N) is 1. The van der Waals surface area contributed by atoms with E-state index >= 15 is 0 Å². The summed E-state index contributed by atoms with van der Waals surface area (Å²) >= 11 is 0. The molecule has 0 aliphatic heterocycles. The van der Waals surface area contributed by atoms with Gasteiger partial charge in [0.15, 0.2) is 11.3 Å². The summed E-state index contributed by atoms with van der Waals surface area (Å²) in [7, 11) is 1.65. The van der Waals surface area contributed by atoms with Crippen LogP contribution < -0.4 is 10.1 Å². The maximum Gasteiger partial charge on any atom is 0.176 e. The van der Waals surface area contributed by atoms with Gasteiger partial charge in [0.1, 0.15) is 5.76 Å². The van der Waals surface area contributed by atoms with E-state index in [1.165, 1.54) is 5.56 Å². The van der Waals surface area contributed by atoms with E-state index in [1.54, 1.807) is 7.11 Å². The summed E-state index contributed by atoms with van der Waals surface area (Å²) in [6, 6.07) is 16.2. The molecular formula is C17H17NO2. The molecule has 0 aliphatic carbocycles. The number of para-hydroxylation sites is 1. The maximum atomic E-state index is 5.85. The van der Waals surface area contributed by atoms with Gasteiger partial charge in [0.25, 0.3) is 0 Å². The summed E-state index contributed by atoms with van der Waals surface area (Å²) in [4.78, 5) is 0. The lowest BCUT2D eigenvalue weighted by molar-refractivity contribution is 0.408. The van der Waals surface area contributed by atoms with Crippen LogP contribution in [0.5, 0.6) is 5.75 Å². The molecule has 1 N–H and O–H groups in total. The van der Waals surface area contributed by atoms with Crippen molar-refractivity contribution in [2.75, 3.05) is 12.4 Å². The molecule has 3 rings (SSSR count). The van der Waals surface area contributed by atoms with Gasteiger partial charge >= 0.3 is 0 Å². The molecule has 0 bridgehead atoms. The molecule has 3 nitrogen and oxygen atoms in total. The van der Waals surface area contributed by atoms with Crippen LogP contribution in [0.2, 0.25) is 0 Å². The van der Waals surface area contributed by atoms with Crippen molar-refractivity contribution in [3.63, 3.8) is 0 Å². The first kappa shape index (κ1) is 12.6. The summed E-state index contributed by atoms with van der Waals surface area (Å²) in [5.74, 6) is 1.66. The van der Waals surface area contributed by atoms with Crippen molar-refractivity contribution < 1.29 is 9.15 Å². The number of fused-ring (bicyclic) bond motifs is 1. The Morgan fingerprint density at radius 2 is 1.90 bits per heavy atom. The molecule has 2 aromatic carbocycles. The van der Waals surface area contributed by atoms with Crippen LogP contribution in [0.15, 0.2) is 52.9 Å². The number of aryl methyl sites for hydroxylation is 1. The molecule has 0 aliphatic rings. The third-order valence-corrected chi connectivity index (χ3v) is 3.30. The number of hydrogen-bond acceptors (Lipinski definition) is 3. The summed E-state index contributed by atoms with van der Waals surface area (Å²) in [5, 5.41) is 4.41. The average molecular weight is 267 g/mol. The molecule has 3 heteroatoms. The molecule has 0 saturated heterocycles. The average Bonchev–Trinajstić information content (AvgIpc) is 2.89. The van der Waals surface area contributed by atoms with Crippen LogP contribution in [0.4, 0.5) is 5.69 Å². The highest BCUT2D eigenvalue weighted by molar-refractivity contribution is 5.83. The van der Waals surface area contributed by atoms with Gasteiger partial charge in [-0.3, -0.25) is 0 Å².